The molecule has 1 aliphatic heterocycles. The normalized spacial score (nSPS) is 17.3. The molecule has 1 fully saturated rings. The second-order valence-electron chi connectivity index (χ2n) is 6.05. The molecule has 1 amide bonds. The number of carbonyl (C=O) groups is 1. The number of imidazole rings is 1. The van der Waals surface area contributed by atoms with Crippen LogP contribution in [0.3, 0.4) is 0 Å². The summed E-state index contributed by atoms with van der Waals surface area (Å²) in [6.07, 6.45) is 4.55. The average Bonchev–Trinajstić information content (AvgIpc) is 3.25. The molecule has 8 heteroatoms. The van der Waals surface area contributed by atoms with Gasteiger partial charge < -0.3 is 20.5 Å². The van der Waals surface area contributed by atoms with E-state index in [4.69, 9.17) is 0 Å². The standard InChI is InChI=1S/C16H23N7O/c1-10-11(2)21-14(16(24)17-3)22-15(10)23-5-4-12(8-23)19-7-13-6-18-9-20-13/h6,9,12,19H,4-5,7-8H2,1-3H3,(H,17,24)(H,18,20)/t12-/m1/s1. The Balaban J connectivity index is 1.70. The van der Waals surface area contributed by atoms with Gasteiger partial charge in [-0.1, -0.05) is 0 Å². The highest BCUT2D eigenvalue weighted by Gasteiger charge is 2.26. The SMILES string of the molecule is CNC(=O)c1nc(C)c(C)c(N2CC[C@@H](NCc3cnc[nH]3)C2)n1. The predicted octanol–water partition coefficient (Wildman–Crippen LogP) is 0.545. The van der Waals surface area contributed by atoms with E-state index in [1.165, 1.54) is 0 Å². The molecular weight excluding hydrogens is 306 g/mol. The van der Waals surface area contributed by atoms with Crippen molar-refractivity contribution in [2.45, 2.75) is 32.9 Å². The largest absolute Gasteiger partial charge is 0.355 e. The lowest BCUT2D eigenvalue weighted by Crippen LogP contribution is -2.33. The molecule has 2 aromatic rings. The van der Waals surface area contributed by atoms with Crippen LogP contribution in [0.1, 0.15) is 34.0 Å². The minimum absolute atomic E-state index is 0.226. The van der Waals surface area contributed by atoms with Crippen LogP contribution in [0.25, 0.3) is 0 Å². The third-order valence-corrected chi connectivity index (χ3v) is 4.42. The number of hydrogen-bond acceptors (Lipinski definition) is 6. The predicted molar refractivity (Wildman–Crippen MR) is 90.9 cm³/mol. The lowest BCUT2D eigenvalue weighted by Gasteiger charge is -2.21. The van der Waals surface area contributed by atoms with E-state index in [9.17, 15) is 4.79 Å². The number of hydrogen-bond donors (Lipinski definition) is 3. The highest BCUT2D eigenvalue weighted by molar-refractivity contribution is 5.90. The van der Waals surface area contributed by atoms with Crippen molar-refractivity contribution in [3.63, 3.8) is 0 Å². The molecule has 1 aliphatic rings. The van der Waals surface area contributed by atoms with E-state index in [1.54, 1.807) is 13.4 Å². The fourth-order valence-electron chi connectivity index (χ4n) is 2.89. The van der Waals surface area contributed by atoms with Crippen LogP contribution < -0.4 is 15.5 Å². The van der Waals surface area contributed by atoms with Crippen molar-refractivity contribution < 1.29 is 4.79 Å². The van der Waals surface area contributed by atoms with E-state index in [2.05, 4.69) is 35.5 Å². The molecule has 0 radical (unpaired) electrons. The second kappa shape index (κ2) is 6.96. The lowest BCUT2D eigenvalue weighted by molar-refractivity contribution is 0.0952. The van der Waals surface area contributed by atoms with Gasteiger partial charge in [0.15, 0.2) is 0 Å². The lowest BCUT2D eigenvalue weighted by atomic mass is 10.2. The smallest absolute Gasteiger partial charge is 0.288 e. The van der Waals surface area contributed by atoms with Gasteiger partial charge in [0.1, 0.15) is 5.82 Å². The van der Waals surface area contributed by atoms with E-state index in [0.29, 0.717) is 6.04 Å². The molecule has 3 N–H and O–H groups in total. The summed E-state index contributed by atoms with van der Waals surface area (Å²) in [5.74, 6) is 0.823. The summed E-state index contributed by atoms with van der Waals surface area (Å²) in [5, 5.41) is 6.12. The molecule has 0 spiro atoms. The van der Waals surface area contributed by atoms with Gasteiger partial charge >= 0.3 is 0 Å². The monoisotopic (exact) mass is 329 g/mol. The van der Waals surface area contributed by atoms with Gasteiger partial charge in [-0.15, -0.1) is 0 Å². The number of nitrogens with one attached hydrogen (secondary N) is 3. The number of H-pyrrole nitrogens is 1. The summed E-state index contributed by atoms with van der Waals surface area (Å²) in [6.45, 7) is 6.45. The number of amides is 1. The van der Waals surface area contributed by atoms with Gasteiger partial charge in [0.25, 0.3) is 5.91 Å². The van der Waals surface area contributed by atoms with Crippen LogP contribution in [0.2, 0.25) is 0 Å². The molecule has 3 rings (SSSR count). The van der Waals surface area contributed by atoms with Gasteiger partial charge in [-0.05, 0) is 20.3 Å². The summed E-state index contributed by atoms with van der Waals surface area (Å²) < 4.78 is 0. The Hall–Kier alpha value is -2.48. The molecule has 8 nitrogen and oxygen atoms in total. The van der Waals surface area contributed by atoms with Gasteiger partial charge in [-0.25, -0.2) is 15.0 Å². The van der Waals surface area contributed by atoms with Gasteiger partial charge in [0, 0.05) is 55.9 Å². The Labute approximate surface area is 141 Å². The number of aromatic amines is 1. The average molecular weight is 329 g/mol. The van der Waals surface area contributed by atoms with Crippen molar-refractivity contribution in [1.82, 2.24) is 30.6 Å². The Morgan fingerprint density at radius 3 is 2.96 bits per heavy atom. The second-order valence-corrected chi connectivity index (χ2v) is 6.05. The Kier molecular flexibility index (Phi) is 4.75. The highest BCUT2D eigenvalue weighted by atomic mass is 16.2. The molecule has 0 aliphatic carbocycles. The molecule has 1 atom stereocenters. The van der Waals surface area contributed by atoms with Crippen LogP contribution in [-0.4, -0.2) is 52.0 Å². The summed E-state index contributed by atoms with van der Waals surface area (Å²) in [4.78, 5) is 30.0. The summed E-state index contributed by atoms with van der Waals surface area (Å²) in [7, 11) is 1.59. The number of rotatable bonds is 5. The fourth-order valence-corrected chi connectivity index (χ4v) is 2.89. The summed E-state index contributed by atoms with van der Waals surface area (Å²) in [6, 6.07) is 0.381. The zero-order valence-corrected chi connectivity index (χ0v) is 14.3. The quantitative estimate of drug-likeness (QED) is 0.741. The van der Waals surface area contributed by atoms with E-state index < -0.39 is 0 Å². The number of nitrogens with zero attached hydrogens (tertiary/aromatic N) is 4. The number of anilines is 1. The van der Waals surface area contributed by atoms with Crippen LogP contribution in [0, 0.1) is 13.8 Å². The first kappa shape index (κ1) is 16.4. The zero-order chi connectivity index (χ0) is 17.1. The van der Waals surface area contributed by atoms with E-state index in [1.807, 2.05) is 20.0 Å². The molecular formula is C16H23N7O. The Morgan fingerprint density at radius 1 is 1.42 bits per heavy atom. The first-order chi connectivity index (χ1) is 11.6. The molecule has 2 aromatic heterocycles. The van der Waals surface area contributed by atoms with Crippen LogP contribution >= 0.6 is 0 Å². The van der Waals surface area contributed by atoms with Crippen LogP contribution in [-0.2, 0) is 6.54 Å². The first-order valence-electron chi connectivity index (χ1n) is 8.11. The molecule has 0 aromatic carbocycles. The number of carbonyl (C=O) groups excluding carboxylic acids is 1. The van der Waals surface area contributed by atoms with Gasteiger partial charge in [-0.2, -0.15) is 0 Å². The third kappa shape index (κ3) is 3.38. The molecule has 0 saturated carbocycles. The Bertz CT molecular complexity index is 713. The summed E-state index contributed by atoms with van der Waals surface area (Å²) >= 11 is 0. The maximum Gasteiger partial charge on any atom is 0.288 e. The van der Waals surface area contributed by atoms with Crippen molar-refractivity contribution >= 4 is 11.7 Å². The van der Waals surface area contributed by atoms with Crippen molar-refractivity contribution in [3.8, 4) is 0 Å². The van der Waals surface area contributed by atoms with Crippen LogP contribution in [0.5, 0.6) is 0 Å². The van der Waals surface area contributed by atoms with Crippen molar-refractivity contribution in [2.75, 3.05) is 25.0 Å². The van der Waals surface area contributed by atoms with E-state index >= 15 is 0 Å². The Morgan fingerprint density at radius 2 is 2.25 bits per heavy atom. The topological polar surface area (TPSA) is 98.8 Å². The maximum absolute atomic E-state index is 11.9. The molecule has 1 saturated heterocycles. The van der Waals surface area contributed by atoms with Crippen molar-refractivity contribution in [1.29, 1.82) is 0 Å². The number of aryl methyl sites for hydroxylation is 1. The molecule has 0 unspecified atom stereocenters. The summed E-state index contributed by atoms with van der Waals surface area (Å²) in [5.41, 5.74) is 2.94. The van der Waals surface area contributed by atoms with Gasteiger partial charge in [-0.3, -0.25) is 4.79 Å². The zero-order valence-electron chi connectivity index (χ0n) is 14.3. The minimum atomic E-state index is -0.257. The fraction of sp³-hybridized carbons (Fsp3) is 0.500. The molecule has 24 heavy (non-hydrogen) atoms. The highest BCUT2D eigenvalue weighted by Crippen LogP contribution is 2.24. The first-order valence-corrected chi connectivity index (χ1v) is 8.11. The van der Waals surface area contributed by atoms with Crippen LogP contribution in [0.4, 0.5) is 5.82 Å². The maximum atomic E-state index is 11.9. The van der Waals surface area contributed by atoms with Crippen LogP contribution in [0.15, 0.2) is 12.5 Å². The van der Waals surface area contributed by atoms with E-state index in [-0.39, 0.29) is 11.7 Å². The van der Waals surface area contributed by atoms with Crippen molar-refractivity contribution in [3.05, 3.63) is 35.3 Å². The van der Waals surface area contributed by atoms with Crippen molar-refractivity contribution in [2.24, 2.45) is 0 Å². The minimum Gasteiger partial charge on any atom is -0.355 e. The van der Waals surface area contributed by atoms with Gasteiger partial charge in [0.2, 0.25) is 5.82 Å². The molecule has 3 heterocycles. The molecule has 0 bridgehead atoms. The van der Waals surface area contributed by atoms with Gasteiger partial charge in [0.05, 0.1) is 6.33 Å². The third-order valence-electron chi connectivity index (χ3n) is 4.42. The number of aromatic nitrogens is 4. The van der Waals surface area contributed by atoms with E-state index in [0.717, 1.165) is 48.8 Å². The molecule has 128 valence electrons.